The zero-order chi connectivity index (χ0) is 13.0. The largest absolute Gasteiger partial charge is 0.476 e. The van der Waals surface area contributed by atoms with Crippen LogP contribution in [0.5, 0.6) is 0 Å². The number of piperidine rings is 1. The molecule has 1 aliphatic rings. The number of carbonyl (C=O) groups is 1. The maximum atomic E-state index is 10.9. The maximum absolute atomic E-state index is 10.9. The fourth-order valence-corrected chi connectivity index (χ4v) is 2.95. The Bertz CT molecular complexity index is 400. The lowest BCUT2D eigenvalue weighted by molar-refractivity contribution is 0.0692. The molecule has 1 saturated heterocycles. The number of hydrogen-bond acceptors (Lipinski definition) is 5. The molecule has 0 atom stereocenters. The number of aromatic nitrogens is 1. The van der Waals surface area contributed by atoms with Gasteiger partial charge in [-0.05, 0) is 38.4 Å². The monoisotopic (exact) mass is 269 g/mol. The van der Waals surface area contributed by atoms with Crippen molar-refractivity contribution < 1.29 is 9.90 Å². The lowest BCUT2D eigenvalue weighted by atomic mass is 9.97. The van der Waals surface area contributed by atoms with Crippen molar-refractivity contribution in [3.63, 3.8) is 0 Å². The molecule has 1 aliphatic heterocycles. The summed E-state index contributed by atoms with van der Waals surface area (Å²) in [6, 6.07) is 0. The Kier molecular flexibility index (Phi) is 4.54. The van der Waals surface area contributed by atoms with E-state index in [1.165, 1.54) is 24.2 Å². The maximum Gasteiger partial charge on any atom is 0.357 e. The molecule has 5 nitrogen and oxygen atoms in total. The van der Waals surface area contributed by atoms with Gasteiger partial charge in [-0.3, -0.25) is 0 Å². The summed E-state index contributed by atoms with van der Waals surface area (Å²) in [6.45, 7) is 6.46. The molecule has 0 spiro atoms. The van der Waals surface area contributed by atoms with Gasteiger partial charge in [0, 0.05) is 6.54 Å². The van der Waals surface area contributed by atoms with Crippen molar-refractivity contribution in [1.29, 1.82) is 0 Å². The van der Waals surface area contributed by atoms with E-state index in [1.807, 2.05) is 0 Å². The number of hydrogen-bond donors (Lipinski definition) is 2. The third kappa shape index (κ3) is 3.20. The van der Waals surface area contributed by atoms with Gasteiger partial charge < -0.3 is 15.3 Å². The zero-order valence-electron chi connectivity index (χ0n) is 10.6. The van der Waals surface area contributed by atoms with E-state index < -0.39 is 5.97 Å². The normalized spacial score (nSPS) is 17.8. The summed E-state index contributed by atoms with van der Waals surface area (Å²) < 4.78 is 0. The molecule has 1 aromatic rings. The third-order valence-electron chi connectivity index (χ3n) is 3.48. The first-order valence-electron chi connectivity index (χ1n) is 6.33. The van der Waals surface area contributed by atoms with Crippen molar-refractivity contribution in [2.75, 3.05) is 31.5 Å². The third-order valence-corrected chi connectivity index (χ3v) is 4.26. The number of thiazole rings is 1. The number of aromatic carboxylic acids is 1. The van der Waals surface area contributed by atoms with Crippen molar-refractivity contribution in [2.24, 2.45) is 5.92 Å². The van der Waals surface area contributed by atoms with Crippen LogP contribution in [-0.4, -0.2) is 47.1 Å². The molecule has 0 aliphatic carbocycles. The molecule has 1 fully saturated rings. The minimum absolute atomic E-state index is 0.144. The molecule has 18 heavy (non-hydrogen) atoms. The Balaban J connectivity index is 1.81. The second kappa shape index (κ2) is 6.15. The van der Waals surface area contributed by atoms with Crippen LogP contribution in [0.15, 0.2) is 5.51 Å². The summed E-state index contributed by atoms with van der Waals surface area (Å²) in [7, 11) is 0. The van der Waals surface area contributed by atoms with E-state index in [0.29, 0.717) is 10.9 Å². The molecule has 0 saturated carbocycles. The number of carboxylic acid groups (broad SMARTS) is 1. The smallest absolute Gasteiger partial charge is 0.357 e. The van der Waals surface area contributed by atoms with Crippen LogP contribution in [0.1, 0.15) is 30.3 Å². The summed E-state index contributed by atoms with van der Waals surface area (Å²) in [5.41, 5.74) is 1.72. The predicted octanol–water partition coefficient (Wildman–Crippen LogP) is 1.99. The van der Waals surface area contributed by atoms with Gasteiger partial charge in [-0.1, -0.05) is 6.92 Å². The number of likely N-dealkylation sites (tertiary alicyclic amines) is 1. The SMILES string of the molecule is CCN1CCC(CNc2scnc2C(=O)O)CC1. The van der Waals surface area contributed by atoms with Crippen LogP contribution in [-0.2, 0) is 0 Å². The Morgan fingerprint density at radius 1 is 1.61 bits per heavy atom. The molecule has 0 radical (unpaired) electrons. The molecule has 0 amide bonds. The highest BCUT2D eigenvalue weighted by Gasteiger charge is 2.19. The topological polar surface area (TPSA) is 65.5 Å². The van der Waals surface area contributed by atoms with E-state index >= 15 is 0 Å². The van der Waals surface area contributed by atoms with E-state index in [4.69, 9.17) is 5.11 Å². The lowest BCUT2D eigenvalue weighted by Crippen LogP contribution is -2.35. The van der Waals surface area contributed by atoms with Crippen LogP contribution < -0.4 is 5.32 Å². The Morgan fingerprint density at radius 3 is 2.94 bits per heavy atom. The minimum Gasteiger partial charge on any atom is -0.476 e. The molecule has 2 N–H and O–H groups in total. The number of nitrogens with zero attached hydrogens (tertiary/aromatic N) is 2. The molecular formula is C12H19N3O2S. The van der Waals surface area contributed by atoms with Crippen molar-refractivity contribution in [3.05, 3.63) is 11.2 Å². The standard InChI is InChI=1S/C12H19N3O2S/c1-2-15-5-3-9(4-6-15)7-13-11-10(12(16)17)14-8-18-11/h8-9,13H,2-7H2,1H3,(H,16,17). The van der Waals surface area contributed by atoms with Gasteiger partial charge in [0.15, 0.2) is 5.69 Å². The van der Waals surface area contributed by atoms with Gasteiger partial charge in [0.05, 0.1) is 5.51 Å². The quantitative estimate of drug-likeness (QED) is 0.855. The molecule has 2 rings (SSSR count). The first-order valence-corrected chi connectivity index (χ1v) is 7.21. The average molecular weight is 269 g/mol. The van der Waals surface area contributed by atoms with Gasteiger partial charge >= 0.3 is 5.97 Å². The van der Waals surface area contributed by atoms with Gasteiger partial charge in [0.25, 0.3) is 0 Å². The van der Waals surface area contributed by atoms with E-state index in [-0.39, 0.29) is 5.69 Å². The molecule has 1 aromatic heterocycles. The second-order valence-electron chi connectivity index (χ2n) is 4.59. The van der Waals surface area contributed by atoms with E-state index in [2.05, 4.69) is 22.1 Å². The van der Waals surface area contributed by atoms with Crippen LogP contribution in [0.2, 0.25) is 0 Å². The summed E-state index contributed by atoms with van der Waals surface area (Å²) >= 11 is 1.36. The number of nitrogens with one attached hydrogen (secondary N) is 1. The number of carboxylic acids is 1. The summed E-state index contributed by atoms with van der Waals surface area (Å²) in [5, 5.41) is 12.9. The average Bonchev–Trinajstić information content (AvgIpc) is 2.85. The summed E-state index contributed by atoms with van der Waals surface area (Å²) in [5.74, 6) is -0.323. The highest BCUT2D eigenvalue weighted by Crippen LogP contribution is 2.23. The summed E-state index contributed by atoms with van der Waals surface area (Å²) in [6.07, 6.45) is 2.37. The zero-order valence-corrected chi connectivity index (χ0v) is 11.4. The lowest BCUT2D eigenvalue weighted by Gasteiger charge is -2.31. The van der Waals surface area contributed by atoms with Crippen LogP contribution in [0.4, 0.5) is 5.00 Å². The van der Waals surface area contributed by atoms with Crippen LogP contribution in [0.25, 0.3) is 0 Å². The van der Waals surface area contributed by atoms with Crippen molar-refractivity contribution in [1.82, 2.24) is 9.88 Å². The van der Waals surface area contributed by atoms with Gasteiger partial charge in [-0.15, -0.1) is 11.3 Å². The van der Waals surface area contributed by atoms with E-state index in [0.717, 1.165) is 26.2 Å². The molecule has 100 valence electrons. The minimum atomic E-state index is -0.959. The summed E-state index contributed by atoms with van der Waals surface area (Å²) in [4.78, 5) is 17.2. The first-order chi connectivity index (χ1) is 8.70. The first kappa shape index (κ1) is 13.3. The number of anilines is 1. The highest BCUT2D eigenvalue weighted by molar-refractivity contribution is 7.14. The van der Waals surface area contributed by atoms with Crippen molar-refractivity contribution >= 4 is 22.3 Å². The highest BCUT2D eigenvalue weighted by atomic mass is 32.1. The second-order valence-corrected chi connectivity index (χ2v) is 5.45. The molecule has 0 unspecified atom stereocenters. The fourth-order valence-electron chi connectivity index (χ4n) is 2.27. The molecule has 0 bridgehead atoms. The van der Waals surface area contributed by atoms with E-state index in [1.54, 1.807) is 5.51 Å². The van der Waals surface area contributed by atoms with Crippen molar-refractivity contribution in [3.8, 4) is 0 Å². The van der Waals surface area contributed by atoms with Gasteiger partial charge in [-0.25, -0.2) is 9.78 Å². The predicted molar refractivity (Wildman–Crippen MR) is 72.4 cm³/mol. The van der Waals surface area contributed by atoms with Crippen molar-refractivity contribution in [2.45, 2.75) is 19.8 Å². The van der Waals surface area contributed by atoms with Gasteiger partial charge in [0.1, 0.15) is 5.00 Å². The molecule has 6 heteroatoms. The van der Waals surface area contributed by atoms with Gasteiger partial charge in [-0.2, -0.15) is 0 Å². The fraction of sp³-hybridized carbons (Fsp3) is 0.667. The Morgan fingerprint density at radius 2 is 2.33 bits per heavy atom. The number of rotatable bonds is 5. The van der Waals surface area contributed by atoms with Crippen LogP contribution in [0.3, 0.4) is 0 Å². The van der Waals surface area contributed by atoms with Crippen LogP contribution in [0, 0.1) is 5.92 Å². The molecular weight excluding hydrogens is 250 g/mol. The molecule has 0 aromatic carbocycles. The van der Waals surface area contributed by atoms with E-state index in [9.17, 15) is 4.79 Å². The molecule has 2 heterocycles. The van der Waals surface area contributed by atoms with Gasteiger partial charge in [0.2, 0.25) is 0 Å². The van der Waals surface area contributed by atoms with Crippen LogP contribution >= 0.6 is 11.3 Å². The Hall–Kier alpha value is -1.14. The Labute approximate surface area is 111 Å².